The average Bonchev–Trinajstić information content (AvgIpc) is 2.71. The van der Waals surface area contributed by atoms with Crippen molar-refractivity contribution >= 4 is 5.69 Å². The highest BCUT2D eigenvalue weighted by atomic mass is 16.3. The Kier molecular flexibility index (Phi) is 2.76. The molecule has 0 aliphatic heterocycles. The van der Waals surface area contributed by atoms with E-state index in [1.807, 2.05) is 4.57 Å². The van der Waals surface area contributed by atoms with Gasteiger partial charge in [-0.25, -0.2) is 0 Å². The second-order valence-electron chi connectivity index (χ2n) is 3.62. The highest BCUT2D eigenvalue weighted by Gasteiger charge is 2.08. The quantitative estimate of drug-likeness (QED) is 0.606. The smallest absolute Gasteiger partial charge is 0.163 e. The molecule has 0 aliphatic carbocycles. The second-order valence-corrected chi connectivity index (χ2v) is 3.62. The molecular formula is C11H14N4O. The normalized spacial score (nSPS) is 10.6. The topological polar surface area (TPSA) is 77.0 Å². The van der Waals surface area contributed by atoms with Crippen LogP contribution in [0.2, 0.25) is 0 Å². The van der Waals surface area contributed by atoms with E-state index in [4.69, 9.17) is 5.73 Å². The number of aryl methyl sites for hydroxylation is 1. The summed E-state index contributed by atoms with van der Waals surface area (Å²) in [5.74, 6) is 0.860. The van der Waals surface area contributed by atoms with E-state index < -0.39 is 0 Å². The third-order valence-electron chi connectivity index (χ3n) is 2.37. The van der Waals surface area contributed by atoms with Gasteiger partial charge in [-0.05, 0) is 24.6 Å². The zero-order valence-corrected chi connectivity index (χ0v) is 9.09. The zero-order chi connectivity index (χ0) is 11.5. The van der Waals surface area contributed by atoms with Crippen molar-refractivity contribution in [1.29, 1.82) is 0 Å². The largest absolute Gasteiger partial charge is 0.506 e. The third-order valence-corrected chi connectivity index (χ3v) is 2.37. The molecule has 16 heavy (non-hydrogen) atoms. The van der Waals surface area contributed by atoms with Gasteiger partial charge in [-0.1, -0.05) is 6.92 Å². The van der Waals surface area contributed by atoms with Gasteiger partial charge in [-0.3, -0.25) is 0 Å². The van der Waals surface area contributed by atoms with Crippen molar-refractivity contribution in [2.24, 2.45) is 0 Å². The van der Waals surface area contributed by atoms with E-state index in [-0.39, 0.29) is 5.75 Å². The predicted octanol–water partition coefficient (Wildman–Crippen LogP) is 1.64. The molecule has 0 amide bonds. The fraction of sp³-hybridized carbons (Fsp3) is 0.273. The van der Waals surface area contributed by atoms with Gasteiger partial charge in [0, 0.05) is 12.1 Å². The SMILES string of the molecule is CCCn1cnnc1-c1ccc(O)c(N)c1. The lowest BCUT2D eigenvalue weighted by atomic mass is 10.2. The molecule has 0 fully saturated rings. The summed E-state index contributed by atoms with van der Waals surface area (Å²) >= 11 is 0. The summed E-state index contributed by atoms with van der Waals surface area (Å²) in [5, 5.41) is 17.3. The Labute approximate surface area is 93.5 Å². The molecule has 0 spiro atoms. The second kappa shape index (κ2) is 4.22. The van der Waals surface area contributed by atoms with Crippen LogP contribution in [0.15, 0.2) is 24.5 Å². The fourth-order valence-electron chi connectivity index (χ4n) is 1.58. The maximum absolute atomic E-state index is 9.35. The zero-order valence-electron chi connectivity index (χ0n) is 9.09. The van der Waals surface area contributed by atoms with E-state index in [0.29, 0.717) is 5.69 Å². The molecule has 0 aliphatic rings. The number of hydrogen-bond donors (Lipinski definition) is 2. The minimum absolute atomic E-state index is 0.0882. The lowest BCUT2D eigenvalue weighted by molar-refractivity contribution is 0.478. The van der Waals surface area contributed by atoms with Gasteiger partial charge in [0.1, 0.15) is 12.1 Å². The van der Waals surface area contributed by atoms with Crippen molar-refractivity contribution in [3.8, 4) is 17.1 Å². The lowest BCUT2D eigenvalue weighted by Gasteiger charge is -2.06. The number of aromatic hydroxyl groups is 1. The number of hydrogen-bond acceptors (Lipinski definition) is 4. The monoisotopic (exact) mass is 218 g/mol. The lowest BCUT2D eigenvalue weighted by Crippen LogP contribution is -1.98. The van der Waals surface area contributed by atoms with Crippen molar-refractivity contribution in [2.75, 3.05) is 5.73 Å². The number of phenolic OH excluding ortho intramolecular Hbond substituents is 1. The average molecular weight is 218 g/mol. The van der Waals surface area contributed by atoms with Crippen molar-refractivity contribution in [3.05, 3.63) is 24.5 Å². The maximum Gasteiger partial charge on any atom is 0.163 e. The van der Waals surface area contributed by atoms with Crippen LogP contribution in [0.25, 0.3) is 11.4 Å². The first kappa shape index (κ1) is 10.5. The Bertz CT molecular complexity index is 492. The standard InChI is InChI=1S/C11H14N4O/c1-2-5-15-7-13-14-11(15)8-3-4-10(16)9(12)6-8/h3-4,6-7,16H,2,5,12H2,1H3. The Morgan fingerprint density at radius 3 is 2.94 bits per heavy atom. The molecule has 3 N–H and O–H groups in total. The number of nitrogen functional groups attached to an aromatic ring is 1. The van der Waals surface area contributed by atoms with E-state index in [2.05, 4.69) is 17.1 Å². The number of anilines is 1. The van der Waals surface area contributed by atoms with Gasteiger partial charge in [-0.15, -0.1) is 10.2 Å². The van der Waals surface area contributed by atoms with Crippen LogP contribution in [0.5, 0.6) is 5.75 Å². The molecule has 84 valence electrons. The van der Waals surface area contributed by atoms with Gasteiger partial charge in [0.25, 0.3) is 0 Å². The number of nitrogens with two attached hydrogens (primary N) is 1. The van der Waals surface area contributed by atoms with Gasteiger partial charge in [0.05, 0.1) is 5.69 Å². The third kappa shape index (κ3) is 1.84. The summed E-state index contributed by atoms with van der Waals surface area (Å²) in [4.78, 5) is 0. The molecule has 0 radical (unpaired) electrons. The van der Waals surface area contributed by atoms with Crippen molar-refractivity contribution in [3.63, 3.8) is 0 Å². The Morgan fingerprint density at radius 2 is 2.25 bits per heavy atom. The van der Waals surface area contributed by atoms with Gasteiger partial charge in [0.2, 0.25) is 0 Å². The molecule has 2 aromatic rings. The molecule has 5 nitrogen and oxygen atoms in total. The number of benzene rings is 1. The Hall–Kier alpha value is -2.04. The van der Waals surface area contributed by atoms with Crippen LogP contribution in [0.1, 0.15) is 13.3 Å². The number of phenols is 1. The molecule has 1 aromatic carbocycles. The summed E-state index contributed by atoms with van der Waals surface area (Å²) in [6.45, 7) is 2.96. The van der Waals surface area contributed by atoms with E-state index in [1.165, 1.54) is 0 Å². The molecule has 0 unspecified atom stereocenters. The van der Waals surface area contributed by atoms with Crippen LogP contribution in [0, 0.1) is 0 Å². The van der Waals surface area contributed by atoms with Crippen LogP contribution >= 0.6 is 0 Å². The minimum Gasteiger partial charge on any atom is -0.506 e. The summed E-state index contributed by atoms with van der Waals surface area (Å²) in [5.41, 5.74) is 6.86. The van der Waals surface area contributed by atoms with E-state index >= 15 is 0 Å². The van der Waals surface area contributed by atoms with Crippen molar-refractivity contribution < 1.29 is 5.11 Å². The molecule has 2 rings (SSSR count). The Balaban J connectivity index is 2.42. The van der Waals surface area contributed by atoms with Crippen LogP contribution in [0.3, 0.4) is 0 Å². The predicted molar refractivity (Wildman–Crippen MR) is 61.8 cm³/mol. The van der Waals surface area contributed by atoms with Crippen LogP contribution in [0.4, 0.5) is 5.69 Å². The Morgan fingerprint density at radius 1 is 1.44 bits per heavy atom. The van der Waals surface area contributed by atoms with E-state index in [1.54, 1.807) is 24.5 Å². The first-order chi connectivity index (χ1) is 7.72. The first-order valence-electron chi connectivity index (χ1n) is 5.19. The number of aromatic nitrogens is 3. The fourth-order valence-corrected chi connectivity index (χ4v) is 1.58. The molecule has 0 atom stereocenters. The minimum atomic E-state index is 0.0882. The number of rotatable bonds is 3. The van der Waals surface area contributed by atoms with E-state index in [0.717, 1.165) is 24.4 Å². The molecule has 5 heteroatoms. The summed E-state index contributed by atoms with van der Waals surface area (Å²) in [6, 6.07) is 5.04. The van der Waals surface area contributed by atoms with Crippen LogP contribution < -0.4 is 5.73 Å². The van der Waals surface area contributed by atoms with Crippen molar-refractivity contribution in [1.82, 2.24) is 14.8 Å². The van der Waals surface area contributed by atoms with Crippen LogP contribution in [-0.4, -0.2) is 19.9 Å². The molecule has 1 heterocycles. The van der Waals surface area contributed by atoms with Gasteiger partial charge in [0.15, 0.2) is 5.82 Å². The summed E-state index contributed by atoms with van der Waals surface area (Å²) < 4.78 is 1.96. The molecular weight excluding hydrogens is 204 g/mol. The van der Waals surface area contributed by atoms with Gasteiger partial charge >= 0.3 is 0 Å². The summed E-state index contributed by atoms with van der Waals surface area (Å²) in [6.07, 6.45) is 2.71. The highest BCUT2D eigenvalue weighted by molar-refractivity contribution is 5.65. The maximum atomic E-state index is 9.35. The molecule has 0 bridgehead atoms. The molecule has 1 aromatic heterocycles. The number of nitrogens with zero attached hydrogens (tertiary/aromatic N) is 3. The molecule has 0 saturated heterocycles. The highest BCUT2D eigenvalue weighted by Crippen LogP contribution is 2.26. The first-order valence-corrected chi connectivity index (χ1v) is 5.19. The van der Waals surface area contributed by atoms with E-state index in [9.17, 15) is 5.11 Å². The molecule has 0 saturated carbocycles. The van der Waals surface area contributed by atoms with Gasteiger partial charge in [-0.2, -0.15) is 0 Å². The summed E-state index contributed by atoms with van der Waals surface area (Å²) in [7, 11) is 0. The van der Waals surface area contributed by atoms with Gasteiger partial charge < -0.3 is 15.4 Å². The van der Waals surface area contributed by atoms with Crippen molar-refractivity contribution in [2.45, 2.75) is 19.9 Å². The van der Waals surface area contributed by atoms with Crippen LogP contribution in [-0.2, 0) is 6.54 Å².